The van der Waals surface area contributed by atoms with Crippen LogP contribution < -0.4 is 9.47 Å². The van der Waals surface area contributed by atoms with Gasteiger partial charge < -0.3 is 14.6 Å². The van der Waals surface area contributed by atoms with Crippen molar-refractivity contribution in [2.45, 2.75) is 25.9 Å². The van der Waals surface area contributed by atoms with E-state index in [1.807, 2.05) is 36.4 Å². The predicted octanol–water partition coefficient (Wildman–Crippen LogP) is 3.74. The van der Waals surface area contributed by atoms with Crippen LogP contribution >= 0.6 is 0 Å². The summed E-state index contributed by atoms with van der Waals surface area (Å²) in [5, 5.41) is 10.7. The molecular formula is C18H22O3. The third-order valence-corrected chi connectivity index (χ3v) is 3.54. The minimum atomic E-state index is -0.730. The minimum Gasteiger partial charge on any atom is -0.497 e. The summed E-state index contributed by atoms with van der Waals surface area (Å²) in [6.45, 7) is 2.15. The number of aryl methyl sites for hydroxylation is 1. The molecule has 0 aromatic heterocycles. The number of hydrogen-bond donors (Lipinski definition) is 1. The minimum absolute atomic E-state index is 0.657. The van der Waals surface area contributed by atoms with E-state index in [9.17, 15) is 5.11 Å². The highest BCUT2D eigenvalue weighted by Gasteiger charge is 2.16. The molecule has 2 aromatic rings. The Bertz CT molecular complexity index is 593. The van der Waals surface area contributed by atoms with Crippen LogP contribution in [0.15, 0.2) is 42.5 Å². The van der Waals surface area contributed by atoms with Crippen LogP contribution in [0.1, 0.15) is 36.1 Å². The number of aliphatic hydroxyl groups is 1. The van der Waals surface area contributed by atoms with Crippen molar-refractivity contribution in [3.63, 3.8) is 0 Å². The molecule has 0 spiro atoms. The number of methoxy groups -OCH3 is 2. The van der Waals surface area contributed by atoms with Crippen molar-refractivity contribution in [3.8, 4) is 11.5 Å². The monoisotopic (exact) mass is 286 g/mol. The number of aliphatic hydroxyl groups excluding tert-OH is 1. The van der Waals surface area contributed by atoms with Crippen molar-refractivity contribution in [3.05, 3.63) is 59.2 Å². The predicted molar refractivity (Wildman–Crippen MR) is 84.0 cm³/mol. The van der Waals surface area contributed by atoms with Gasteiger partial charge in [0.15, 0.2) is 0 Å². The lowest BCUT2D eigenvalue weighted by Crippen LogP contribution is -2.03. The number of benzene rings is 2. The Hall–Kier alpha value is -2.00. The first-order valence-corrected chi connectivity index (χ1v) is 7.18. The first-order valence-electron chi connectivity index (χ1n) is 7.18. The van der Waals surface area contributed by atoms with E-state index in [1.54, 1.807) is 14.2 Å². The Kier molecular flexibility index (Phi) is 5.23. The molecule has 1 unspecified atom stereocenters. The summed E-state index contributed by atoms with van der Waals surface area (Å²) < 4.78 is 10.6. The quantitative estimate of drug-likeness (QED) is 0.879. The molecule has 3 nitrogen and oxygen atoms in total. The zero-order valence-corrected chi connectivity index (χ0v) is 12.8. The van der Waals surface area contributed by atoms with E-state index >= 15 is 0 Å². The summed E-state index contributed by atoms with van der Waals surface area (Å²) in [6, 6.07) is 13.5. The Morgan fingerprint density at radius 3 is 2.52 bits per heavy atom. The van der Waals surface area contributed by atoms with Gasteiger partial charge in [-0.1, -0.05) is 37.6 Å². The van der Waals surface area contributed by atoms with E-state index in [-0.39, 0.29) is 0 Å². The molecule has 0 heterocycles. The van der Waals surface area contributed by atoms with Crippen molar-refractivity contribution in [2.75, 3.05) is 14.2 Å². The molecule has 0 saturated heterocycles. The van der Waals surface area contributed by atoms with Gasteiger partial charge in [-0.15, -0.1) is 0 Å². The molecule has 0 aliphatic heterocycles. The van der Waals surface area contributed by atoms with E-state index in [1.165, 1.54) is 5.56 Å². The van der Waals surface area contributed by atoms with Gasteiger partial charge in [-0.2, -0.15) is 0 Å². The zero-order valence-electron chi connectivity index (χ0n) is 12.8. The molecule has 112 valence electrons. The van der Waals surface area contributed by atoms with Gasteiger partial charge in [0, 0.05) is 5.56 Å². The lowest BCUT2D eigenvalue weighted by atomic mass is 9.97. The Morgan fingerprint density at radius 2 is 1.86 bits per heavy atom. The van der Waals surface area contributed by atoms with Crippen LogP contribution in [-0.2, 0) is 6.42 Å². The largest absolute Gasteiger partial charge is 0.497 e. The van der Waals surface area contributed by atoms with Gasteiger partial charge in [0.2, 0.25) is 0 Å². The average Bonchev–Trinajstić information content (AvgIpc) is 2.54. The third kappa shape index (κ3) is 3.56. The summed E-state index contributed by atoms with van der Waals surface area (Å²) in [6.07, 6.45) is 1.37. The topological polar surface area (TPSA) is 38.7 Å². The van der Waals surface area contributed by atoms with Gasteiger partial charge in [0.05, 0.1) is 14.2 Å². The molecule has 2 aromatic carbocycles. The second-order valence-electron chi connectivity index (χ2n) is 5.01. The normalized spacial score (nSPS) is 12.0. The lowest BCUT2D eigenvalue weighted by Gasteiger charge is -2.17. The Labute approximate surface area is 126 Å². The third-order valence-electron chi connectivity index (χ3n) is 3.54. The maximum absolute atomic E-state index is 10.7. The van der Waals surface area contributed by atoms with Gasteiger partial charge in [0.25, 0.3) is 0 Å². The summed E-state index contributed by atoms with van der Waals surface area (Å²) in [7, 11) is 3.21. The SMILES string of the molecule is CCCc1cccc(C(O)c2cc(OC)ccc2OC)c1. The van der Waals surface area contributed by atoms with E-state index in [2.05, 4.69) is 13.0 Å². The molecule has 2 rings (SSSR count). The number of hydrogen-bond acceptors (Lipinski definition) is 3. The highest BCUT2D eigenvalue weighted by atomic mass is 16.5. The Balaban J connectivity index is 2.38. The number of rotatable bonds is 6. The molecule has 3 heteroatoms. The van der Waals surface area contributed by atoms with Gasteiger partial charge in [-0.3, -0.25) is 0 Å². The standard InChI is InChI=1S/C18H22O3/c1-4-6-13-7-5-8-14(11-13)18(19)16-12-15(20-2)9-10-17(16)21-3/h5,7-12,18-19H,4,6H2,1-3H3. The number of ether oxygens (including phenoxy) is 2. The van der Waals surface area contributed by atoms with Crippen LogP contribution in [0.25, 0.3) is 0 Å². The molecule has 1 N–H and O–H groups in total. The molecule has 21 heavy (non-hydrogen) atoms. The Morgan fingerprint density at radius 1 is 1.05 bits per heavy atom. The van der Waals surface area contributed by atoms with Crippen LogP contribution in [0.3, 0.4) is 0 Å². The van der Waals surface area contributed by atoms with Gasteiger partial charge >= 0.3 is 0 Å². The maximum atomic E-state index is 10.7. The highest BCUT2D eigenvalue weighted by Crippen LogP contribution is 2.33. The summed E-state index contributed by atoms with van der Waals surface area (Å²) in [4.78, 5) is 0. The molecule has 0 bridgehead atoms. The fraction of sp³-hybridized carbons (Fsp3) is 0.333. The second-order valence-corrected chi connectivity index (χ2v) is 5.01. The molecule has 0 radical (unpaired) electrons. The molecule has 0 amide bonds. The summed E-state index contributed by atoms with van der Waals surface area (Å²) in [5.41, 5.74) is 2.81. The van der Waals surface area contributed by atoms with Crippen molar-refractivity contribution < 1.29 is 14.6 Å². The molecule has 0 saturated carbocycles. The zero-order chi connectivity index (χ0) is 15.2. The summed E-state index contributed by atoms with van der Waals surface area (Å²) in [5.74, 6) is 1.36. The van der Waals surface area contributed by atoms with Crippen LogP contribution in [0.5, 0.6) is 11.5 Å². The fourth-order valence-electron chi connectivity index (χ4n) is 2.44. The lowest BCUT2D eigenvalue weighted by molar-refractivity contribution is 0.214. The van der Waals surface area contributed by atoms with E-state index in [0.29, 0.717) is 17.1 Å². The van der Waals surface area contributed by atoms with E-state index in [0.717, 1.165) is 18.4 Å². The first-order chi connectivity index (χ1) is 10.2. The fourth-order valence-corrected chi connectivity index (χ4v) is 2.44. The second kappa shape index (κ2) is 7.14. The average molecular weight is 286 g/mol. The van der Waals surface area contributed by atoms with Crippen molar-refractivity contribution in [2.24, 2.45) is 0 Å². The van der Waals surface area contributed by atoms with Gasteiger partial charge in [-0.05, 0) is 35.7 Å². The summed E-state index contributed by atoms with van der Waals surface area (Å²) >= 11 is 0. The first kappa shape index (κ1) is 15.4. The van der Waals surface area contributed by atoms with E-state index in [4.69, 9.17) is 9.47 Å². The van der Waals surface area contributed by atoms with Crippen molar-refractivity contribution >= 4 is 0 Å². The van der Waals surface area contributed by atoms with Crippen LogP contribution in [0.4, 0.5) is 0 Å². The van der Waals surface area contributed by atoms with Gasteiger partial charge in [0.1, 0.15) is 17.6 Å². The molecular weight excluding hydrogens is 264 g/mol. The van der Waals surface area contributed by atoms with Crippen LogP contribution in [0.2, 0.25) is 0 Å². The molecule has 1 atom stereocenters. The van der Waals surface area contributed by atoms with E-state index < -0.39 is 6.10 Å². The highest BCUT2D eigenvalue weighted by molar-refractivity contribution is 5.45. The van der Waals surface area contributed by atoms with Crippen LogP contribution in [-0.4, -0.2) is 19.3 Å². The smallest absolute Gasteiger partial charge is 0.125 e. The maximum Gasteiger partial charge on any atom is 0.125 e. The van der Waals surface area contributed by atoms with Crippen molar-refractivity contribution in [1.82, 2.24) is 0 Å². The molecule has 0 aliphatic carbocycles. The van der Waals surface area contributed by atoms with Crippen molar-refractivity contribution in [1.29, 1.82) is 0 Å². The molecule has 0 fully saturated rings. The van der Waals surface area contributed by atoms with Crippen LogP contribution in [0, 0.1) is 0 Å². The molecule has 0 aliphatic rings. The van der Waals surface area contributed by atoms with Gasteiger partial charge in [-0.25, -0.2) is 0 Å².